The van der Waals surface area contributed by atoms with Gasteiger partial charge in [-0.25, -0.2) is 0 Å². The first kappa shape index (κ1) is 16.5. The van der Waals surface area contributed by atoms with E-state index < -0.39 is 0 Å². The minimum absolute atomic E-state index is 0.553. The number of hydrogen-bond donors (Lipinski definition) is 1. The van der Waals surface area contributed by atoms with E-state index in [9.17, 15) is 0 Å². The Bertz CT molecular complexity index is 199. The van der Waals surface area contributed by atoms with Crippen LogP contribution < -0.4 is 5.32 Å². The van der Waals surface area contributed by atoms with Crippen molar-refractivity contribution in [3.63, 3.8) is 0 Å². The van der Waals surface area contributed by atoms with Gasteiger partial charge in [0.05, 0.1) is 0 Å². The summed E-state index contributed by atoms with van der Waals surface area (Å²) in [6, 6.07) is 0. The Morgan fingerprint density at radius 1 is 1.18 bits per heavy atom. The SMILES string of the molecule is C=C(C(C)C)N(CCC)CC(C)CNCCC. The molecule has 0 heterocycles. The van der Waals surface area contributed by atoms with Crippen LogP contribution in [0.3, 0.4) is 0 Å². The maximum Gasteiger partial charge on any atom is 0.0212 e. The molecular weight excluding hydrogens is 208 g/mol. The molecule has 0 spiro atoms. The van der Waals surface area contributed by atoms with Gasteiger partial charge in [0.15, 0.2) is 0 Å². The molecule has 0 bridgehead atoms. The Kier molecular flexibility index (Phi) is 9.24. The minimum atomic E-state index is 0.553. The average Bonchev–Trinajstić information content (AvgIpc) is 2.27. The highest BCUT2D eigenvalue weighted by molar-refractivity contribution is 4.97. The molecule has 0 aromatic rings. The first-order chi connectivity index (χ1) is 8.02. The lowest BCUT2D eigenvalue weighted by atomic mass is 10.1. The number of nitrogens with zero attached hydrogens (tertiary/aromatic N) is 1. The third-order valence-corrected chi connectivity index (χ3v) is 3.02. The standard InChI is InChI=1S/C15H32N2/c1-7-9-16-11-14(5)12-17(10-8-2)15(6)13(3)4/h13-14,16H,6-12H2,1-5H3. The summed E-state index contributed by atoms with van der Waals surface area (Å²) < 4.78 is 0. The zero-order valence-corrected chi connectivity index (χ0v) is 12.6. The number of allylic oxidation sites excluding steroid dienone is 1. The third kappa shape index (κ3) is 7.43. The summed E-state index contributed by atoms with van der Waals surface area (Å²) in [7, 11) is 0. The molecular formula is C15H32N2. The molecule has 0 fully saturated rings. The quantitative estimate of drug-likeness (QED) is 0.588. The van der Waals surface area contributed by atoms with Gasteiger partial charge in [-0.3, -0.25) is 0 Å². The van der Waals surface area contributed by atoms with Crippen molar-refractivity contribution in [3.05, 3.63) is 12.3 Å². The molecule has 102 valence electrons. The molecule has 0 saturated carbocycles. The molecule has 0 aromatic heterocycles. The zero-order valence-electron chi connectivity index (χ0n) is 12.6. The fraction of sp³-hybridized carbons (Fsp3) is 0.867. The lowest BCUT2D eigenvalue weighted by molar-refractivity contribution is 0.269. The second kappa shape index (κ2) is 9.52. The molecule has 0 aliphatic rings. The number of rotatable bonds is 10. The molecule has 0 amide bonds. The van der Waals surface area contributed by atoms with Crippen LogP contribution in [0.4, 0.5) is 0 Å². The monoisotopic (exact) mass is 240 g/mol. The highest BCUT2D eigenvalue weighted by Crippen LogP contribution is 2.15. The molecule has 1 N–H and O–H groups in total. The van der Waals surface area contributed by atoms with Gasteiger partial charge in [-0.05, 0) is 37.8 Å². The van der Waals surface area contributed by atoms with Crippen molar-refractivity contribution < 1.29 is 0 Å². The second-order valence-corrected chi connectivity index (χ2v) is 5.40. The first-order valence-corrected chi connectivity index (χ1v) is 7.17. The van der Waals surface area contributed by atoms with Crippen molar-refractivity contribution >= 4 is 0 Å². The fourth-order valence-corrected chi connectivity index (χ4v) is 1.95. The highest BCUT2D eigenvalue weighted by Gasteiger charge is 2.13. The van der Waals surface area contributed by atoms with Gasteiger partial charge in [-0.1, -0.05) is 41.2 Å². The van der Waals surface area contributed by atoms with Gasteiger partial charge in [-0.15, -0.1) is 0 Å². The Hall–Kier alpha value is -0.500. The van der Waals surface area contributed by atoms with Crippen molar-refractivity contribution in [1.29, 1.82) is 0 Å². The third-order valence-electron chi connectivity index (χ3n) is 3.02. The van der Waals surface area contributed by atoms with Crippen LogP contribution in [0, 0.1) is 11.8 Å². The van der Waals surface area contributed by atoms with Crippen LogP contribution in [-0.4, -0.2) is 31.1 Å². The maximum absolute atomic E-state index is 4.23. The van der Waals surface area contributed by atoms with E-state index in [1.807, 2.05) is 0 Å². The van der Waals surface area contributed by atoms with Crippen LogP contribution in [0.15, 0.2) is 12.3 Å². The molecule has 2 nitrogen and oxygen atoms in total. The molecule has 17 heavy (non-hydrogen) atoms. The van der Waals surface area contributed by atoms with E-state index in [0.717, 1.165) is 26.2 Å². The summed E-state index contributed by atoms with van der Waals surface area (Å²) in [6.07, 6.45) is 2.41. The Morgan fingerprint density at radius 3 is 2.29 bits per heavy atom. The minimum Gasteiger partial charge on any atom is -0.375 e. The predicted octanol–water partition coefficient (Wildman–Crippen LogP) is 3.50. The summed E-state index contributed by atoms with van der Waals surface area (Å²) in [5.41, 5.74) is 1.29. The van der Waals surface area contributed by atoms with E-state index in [1.54, 1.807) is 0 Å². The van der Waals surface area contributed by atoms with Crippen LogP contribution in [-0.2, 0) is 0 Å². The van der Waals surface area contributed by atoms with E-state index in [4.69, 9.17) is 0 Å². The molecule has 1 atom stereocenters. The summed E-state index contributed by atoms with van der Waals surface area (Å²) in [5.74, 6) is 1.24. The van der Waals surface area contributed by atoms with Crippen molar-refractivity contribution in [3.8, 4) is 0 Å². The predicted molar refractivity (Wildman–Crippen MR) is 78.2 cm³/mol. The van der Waals surface area contributed by atoms with Crippen LogP contribution in [0.5, 0.6) is 0 Å². The molecule has 1 unspecified atom stereocenters. The molecule has 0 aliphatic heterocycles. The lowest BCUT2D eigenvalue weighted by Gasteiger charge is -2.31. The molecule has 2 heteroatoms. The topological polar surface area (TPSA) is 15.3 Å². The Labute approximate surface area is 108 Å². The summed E-state index contributed by atoms with van der Waals surface area (Å²) in [4.78, 5) is 2.46. The highest BCUT2D eigenvalue weighted by atomic mass is 15.1. The van der Waals surface area contributed by atoms with Gasteiger partial charge < -0.3 is 10.2 Å². The smallest absolute Gasteiger partial charge is 0.0212 e. The van der Waals surface area contributed by atoms with E-state index in [2.05, 4.69) is 51.4 Å². The molecule has 0 radical (unpaired) electrons. The van der Waals surface area contributed by atoms with Crippen LogP contribution in [0.2, 0.25) is 0 Å². The van der Waals surface area contributed by atoms with Crippen LogP contribution >= 0.6 is 0 Å². The van der Waals surface area contributed by atoms with Crippen molar-refractivity contribution in [2.75, 3.05) is 26.2 Å². The maximum atomic E-state index is 4.23. The summed E-state index contributed by atoms with van der Waals surface area (Å²) in [5, 5.41) is 3.49. The van der Waals surface area contributed by atoms with Crippen molar-refractivity contribution in [1.82, 2.24) is 10.2 Å². The van der Waals surface area contributed by atoms with Gasteiger partial charge in [-0.2, -0.15) is 0 Å². The van der Waals surface area contributed by atoms with Gasteiger partial charge in [0.2, 0.25) is 0 Å². The van der Waals surface area contributed by atoms with Gasteiger partial charge in [0, 0.05) is 18.8 Å². The van der Waals surface area contributed by atoms with E-state index in [-0.39, 0.29) is 0 Å². The zero-order chi connectivity index (χ0) is 13.3. The second-order valence-electron chi connectivity index (χ2n) is 5.40. The number of nitrogens with one attached hydrogen (secondary N) is 1. The lowest BCUT2D eigenvalue weighted by Crippen LogP contribution is -2.34. The first-order valence-electron chi connectivity index (χ1n) is 7.17. The van der Waals surface area contributed by atoms with Gasteiger partial charge in [0.1, 0.15) is 0 Å². The summed E-state index contributed by atoms with van der Waals surface area (Å²) >= 11 is 0. The molecule has 0 aromatic carbocycles. The van der Waals surface area contributed by atoms with Crippen LogP contribution in [0.1, 0.15) is 47.5 Å². The molecule has 0 aliphatic carbocycles. The van der Waals surface area contributed by atoms with Crippen molar-refractivity contribution in [2.24, 2.45) is 11.8 Å². The van der Waals surface area contributed by atoms with E-state index in [1.165, 1.54) is 18.5 Å². The van der Waals surface area contributed by atoms with Crippen molar-refractivity contribution in [2.45, 2.75) is 47.5 Å². The normalized spacial score (nSPS) is 12.8. The average molecular weight is 240 g/mol. The Morgan fingerprint density at radius 2 is 1.82 bits per heavy atom. The van der Waals surface area contributed by atoms with Gasteiger partial charge in [0.25, 0.3) is 0 Å². The largest absolute Gasteiger partial charge is 0.375 e. The van der Waals surface area contributed by atoms with Crippen LogP contribution in [0.25, 0.3) is 0 Å². The fourth-order valence-electron chi connectivity index (χ4n) is 1.95. The summed E-state index contributed by atoms with van der Waals surface area (Å²) in [6.45, 7) is 19.9. The molecule has 0 rings (SSSR count). The van der Waals surface area contributed by atoms with E-state index in [0.29, 0.717) is 11.8 Å². The van der Waals surface area contributed by atoms with Gasteiger partial charge >= 0.3 is 0 Å². The number of hydrogen-bond acceptors (Lipinski definition) is 2. The Balaban J connectivity index is 4.10. The van der Waals surface area contributed by atoms with E-state index >= 15 is 0 Å². The molecule has 0 saturated heterocycles.